The van der Waals surface area contributed by atoms with Gasteiger partial charge in [-0.3, -0.25) is 9.69 Å². The monoisotopic (exact) mass is 255 g/mol. The first kappa shape index (κ1) is 13.8. The van der Waals surface area contributed by atoms with E-state index in [2.05, 4.69) is 11.8 Å². The van der Waals surface area contributed by atoms with Crippen molar-refractivity contribution in [2.24, 2.45) is 11.7 Å². The van der Waals surface area contributed by atoms with Crippen molar-refractivity contribution >= 4 is 5.91 Å². The fourth-order valence-corrected chi connectivity index (χ4v) is 3.05. The maximum atomic E-state index is 12.0. The van der Waals surface area contributed by atoms with Crippen LogP contribution in [-0.2, 0) is 9.53 Å². The zero-order valence-corrected chi connectivity index (χ0v) is 11.5. The topological polar surface area (TPSA) is 58.8 Å². The van der Waals surface area contributed by atoms with E-state index in [9.17, 15) is 4.79 Å². The normalized spacial score (nSPS) is 31.6. The molecule has 18 heavy (non-hydrogen) atoms. The summed E-state index contributed by atoms with van der Waals surface area (Å²) in [4.78, 5) is 16.4. The standard InChI is InChI=1S/C13H25N3O2/c1-3-11-8-16(13(17)10(2)14)9-12(11)15-4-6-18-7-5-15/h10-12H,3-9,14H2,1-2H3/t10-,11?,12?/m1/s1. The van der Waals surface area contributed by atoms with Gasteiger partial charge in [0.05, 0.1) is 19.3 Å². The number of nitrogens with two attached hydrogens (primary N) is 1. The van der Waals surface area contributed by atoms with Crippen molar-refractivity contribution in [2.75, 3.05) is 39.4 Å². The number of hydrogen-bond donors (Lipinski definition) is 1. The highest BCUT2D eigenvalue weighted by Gasteiger charge is 2.38. The fraction of sp³-hybridized carbons (Fsp3) is 0.923. The van der Waals surface area contributed by atoms with Crippen molar-refractivity contribution in [3.63, 3.8) is 0 Å². The summed E-state index contributed by atoms with van der Waals surface area (Å²) in [6, 6.07) is 0.104. The molecule has 0 spiro atoms. The molecule has 0 saturated carbocycles. The van der Waals surface area contributed by atoms with Gasteiger partial charge >= 0.3 is 0 Å². The number of rotatable bonds is 3. The molecule has 3 atom stereocenters. The molecule has 2 unspecified atom stereocenters. The molecule has 0 bridgehead atoms. The number of likely N-dealkylation sites (tertiary alicyclic amines) is 1. The van der Waals surface area contributed by atoms with Crippen LogP contribution >= 0.6 is 0 Å². The van der Waals surface area contributed by atoms with E-state index in [-0.39, 0.29) is 11.9 Å². The highest BCUT2D eigenvalue weighted by molar-refractivity contribution is 5.81. The Bertz CT molecular complexity index is 290. The third-order valence-corrected chi connectivity index (χ3v) is 4.15. The van der Waals surface area contributed by atoms with E-state index in [0.29, 0.717) is 12.0 Å². The summed E-state index contributed by atoms with van der Waals surface area (Å²) in [6.45, 7) is 9.27. The predicted molar refractivity (Wildman–Crippen MR) is 70.2 cm³/mol. The molecule has 2 fully saturated rings. The van der Waals surface area contributed by atoms with Crippen molar-refractivity contribution in [2.45, 2.75) is 32.4 Å². The molecule has 0 aromatic rings. The van der Waals surface area contributed by atoms with Crippen LogP contribution in [0.1, 0.15) is 20.3 Å². The number of carbonyl (C=O) groups is 1. The Morgan fingerprint density at radius 2 is 2.06 bits per heavy atom. The maximum Gasteiger partial charge on any atom is 0.239 e. The van der Waals surface area contributed by atoms with E-state index in [1.807, 2.05) is 4.90 Å². The molecule has 0 aliphatic carbocycles. The lowest BCUT2D eigenvalue weighted by atomic mass is 9.99. The van der Waals surface area contributed by atoms with Crippen LogP contribution < -0.4 is 5.73 Å². The Balaban J connectivity index is 1.99. The predicted octanol–water partition coefficient (Wildman–Crippen LogP) is -0.0972. The number of ether oxygens (including phenoxy) is 1. The van der Waals surface area contributed by atoms with Gasteiger partial charge in [0.1, 0.15) is 0 Å². The number of morpholine rings is 1. The first-order valence-corrected chi connectivity index (χ1v) is 6.99. The summed E-state index contributed by atoms with van der Waals surface area (Å²) in [6.07, 6.45) is 1.12. The molecule has 2 N–H and O–H groups in total. The molecule has 2 saturated heterocycles. The molecule has 5 nitrogen and oxygen atoms in total. The molecular formula is C13H25N3O2. The van der Waals surface area contributed by atoms with Gasteiger partial charge in [-0.15, -0.1) is 0 Å². The molecule has 2 aliphatic rings. The molecule has 104 valence electrons. The van der Waals surface area contributed by atoms with Crippen LogP contribution in [0.15, 0.2) is 0 Å². The summed E-state index contributed by atoms with van der Waals surface area (Å²) in [7, 11) is 0. The van der Waals surface area contributed by atoms with Gasteiger partial charge in [-0.25, -0.2) is 0 Å². The second kappa shape index (κ2) is 5.99. The van der Waals surface area contributed by atoms with Crippen molar-refractivity contribution in [1.82, 2.24) is 9.80 Å². The molecule has 0 aromatic heterocycles. The molecule has 2 rings (SSSR count). The van der Waals surface area contributed by atoms with E-state index in [1.54, 1.807) is 6.92 Å². The molecule has 0 aromatic carbocycles. The van der Waals surface area contributed by atoms with Crippen LogP contribution in [-0.4, -0.2) is 67.2 Å². The molecule has 1 amide bonds. The van der Waals surface area contributed by atoms with E-state index in [1.165, 1.54) is 0 Å². The zero-order valence-electron chi connectivity index (χ0n) is 11.5. The number of amides is 1. The Kier molecular flexibility index (Phi) is 4.59. The Labute approximate surface area is 109 Å². The van der Waals surface area contributed by atoms with Crippen LogP contribution in [0.3, 0.4) is 0 Å². The first-order chi connectivity index (χ1) is 8.63. The van der Waals surface area contributed by atoms with Gasteiger partial charge in [-0.1, -0.05) is 13.3 Å². The average molecular weight is 255 g/mol. The van der Waals surface area contributed by atoms with Gasteiger partial charge in [-0.05, 0) is 12.8 Å². The highest BCUT2D eigenvalue weighted by Crippen LogP contribution is 2.25. The summed E-state index contributed by atoms with van der Waals surface area (Å²) in [5.74, 6) is 0.662. The molecular weight excluding hydrogens is 230 g/mol. The van der Waals surface area contributed by atoms with Crippen LogP contribution in [0.25, 0.3) is 0 Å². The second-order valence-corrected chi connectivity index (χ2v) is 5.42. The van der Waals surface area contributed by atoms with Crippen molar-refractivity contribution < 1.29 is 9.53 Å². The first-order valence-electron chi connectivity index (χ1n) is 6.99. The minimum atomic E-state index is -0.383. The Hall–Kier alpha value is -0.650. The lowest BCUT2D eigenvalue weighted by Crippen LogP contribution is -2.48. The quantitative estimate of drug-likeness (QED) is 0.765. The third-order valence-electron chi connectivity index (χ3n) is 4.15. The summed E-state index contributed by atoms with van der Waals surface area (Å²) < 4.78 is 5.40. The smallest absolute Gasteiger partial charge is 0.239 e. The van der Waals surface area contributed by atoms with Gasteiger partial charge < -0.3 is 15.4 Å². The zero-order chi connectivity index (χ0) is 13.1. The van der Waals surface area contributed by atoms with Crippen LogP contribution in [0.5, 0.6) is 0 Å². The summed E-state index contributed by atoms with van der Waals surface area (Å²) >= 11 is 0. The SMILES string of the molecule is CCC1CN(C(=O)[C@@H](C)N)CC1N1CCOCC1. The van der Waals surface area contributed by atoms with Gasteiger partial charge in [-0.2, -0.15) is 0 Å². The van der Waals surface area contributed by atoms with Gasteiger partial charge in [0.2, 0.25) is 5.91 Å². The minimum absolute atomic E-state index is 0.0872. The fourth-order valence-electron chi connectivity index (χ4n) is 3.05. The molecule has 2 heterocycles. The minimum Gasteiger partial charge on any atom is -0.379 e. The summed E-state index contributed by atoms with van der Waals surface area (Å²) in [5.41, 5.74) is 5.70. The third kappa shape index (κ3) is 2.84. The van der Waals surface area contributed by atoms with E-state index < -0.39 is 0 Å². The van der Waals surface area contributed by atoms with E-state index in [4.69, 9.17) is 10.5 Å². The van der Waals surface area contributed by atoms with Gasteiger partial charge in [0, 0.05) is 32.2 Å². The number of hydrogen-bond acceptors (Lipinski definition) is 4. The van der Waals surface area contributed by atoms with Crippen molar-refractivity contribution in [1.29, 1.82) is 0 Å². The van der Waals surface area contributed by atoms with Gasteiger partial charge in [0.15, 0.2) is 0 Å². The Morgan fingerprint density at radius 1 is 1.39 bits per heavy atom. The molecule has 0 radical (unpaired) electrons. The average Bonchev–Trinajstić information content (AvgIpc) is 2.82. The van der Waals surface area contributed by atoms with Crippen molar-refractivity contribution in [3.05, 3.63) is 0 Å². The van der Waals surface area contributed by atoms with Crippen LogP contribution in [0, 0.1) is 5.92 Å². The van der Waals surface area contributed by atoms with Gasteiger partial charge in [0.25, 0.3) is 0 Å². The second-order valence-electron chi connectivity index (χ2n) is 5.42. The van der Waals surface area contributed by atoms with Crippen molar-refractivity contribution in [3.8, 4) is 0 Å². The Morgan fingerprint density at radius 3 is 2.61 bits per heavy atom. The maximum absolute atomic E-state index is 12.0. The number of carbonyl (C=O) groups excluding carboxylic acids is 1. The van der Waals surface area contributed by atoms with E-state index >= 15 is 0 Å². The molecule has 2 aliphatic heterocycles. The van der Waals surface area contributed by atoms with Crippen LogP contribution in [0.2, 0.25) is 0 Å². The largest absolute Gasteiger partial charge is 0.379 e. The highest BCUT2D eigenvalue weighted by atomic mass is 16.5. The van der Waals surface area contributed by atoms with Crippen LogP contribution in [0.4, 0.5) is 0 Å². The van der Waals surface area contributed by atoms with E-state index in [0.717, 1.165) is 45.8 Å². The number of nitrogens with zero attached hydrogens (tertiary/aromatic N) is 2. The summed E-state index contributed by atoms with van der Waals surface area (Å²) in [5, 5.41) is 0. The molecule has 5 heteroatoms. The lowest BCUT2D eigenvalue weighted by Gasteiger charge is -2.34. The lowest BCUT2D eigenvalue weighted by molar-refractivity contribution is -0.131.